The fourth-order valence-electron chi connectivity index (χ4n) is 6.43. The molecule has 1 amide bonds. The van der Waals surface area contributed by atoms with Crippen LogP contribution < -0.4 is 10.6 Å². The van der Waals surface area contributed by atoms with Gasteiger partial charge in [-0.15, -0.1) is 0 Å². The van der Waals surface area contributed by atoms with Crippen LogP contribution in [-0.4, -0.2) is 54.3 Å². The number of rotatable bonds is 4. The van der Waals surface area contributed by atoms with Crippen molar-refractivity contribution in [3.63, 3.8) is 0 Å². The standard InChI is InChI=1S/C16H14Br2N2O.C16H13BrN2O.C10H11NO2/c17-12-6-7-14(13(18)8-12)19-16-10-21-9-15(20-16)11-4-2-1-3-5-11;17-12-6-7-13-14(8-12)19-15(9-20-10-16(19)18-13)11-4-2-1-3-5-11;12-10-7-13-6-9(11-10)8-4-2-1-3-5-8/h1-8,15H,9-10H2,(H,19,20);1-8,15H,9-10H2;1-5,9H,6-7H2,(H,11,12)/t15-;;9-/m1.1/s1. The average Bonchev–Trinajstić information content (AvgIpc) is 3.59. The summed E-state index contributed by atoms with van der Waals surface area (Å²) < 4.78 is 21.9. The normalized spacial score (nSPS) is 19.2. The SMILES string of the molecule is Brc1ccc(NC2=N[C@@H](c3ccccc3)COC2)c(Br)c1.Brc1ccc2nc3n(c2c1)C(c1ccccc1)COC3.O=C1COC[C@H](c2ccccc2)N1. The van der Waals surface area contributed by atoms with Crippen molar-refractivity contribution in [2.45, 2.75) is 24.7 Å². The summed E-state index contributed by atoms with van der Waals surface area (Å²) in [5.41, 5.74) is 6.69. The lowest BCUT2D eigenvalue weighted by atomic mass is 10.1. The highest BCUT2D eigenvalue weighted by Gasteiger charge is 2.25. The van der Waals surface area contributed by atoms with Crippen LogP contribution in [0.3, 0.4) is 0 Å². The van der Waals surface area contributed by atoms with E-state index in [4.69, 9.17) is 19.2 Å². The Morgan fingerprint density at radius 1 is 0.667 bits per heavy atom. The zero-order valence-corrected chi connectivity index (χ0v) is 34.0. The highest BCUT2D eigenvalue weighted by atomic mass is 79.9. The number of nitrogens with zero attached hydrogens (tertiary/aromatic N) is 3. The Hall–Kier alpha value is -4.17. The van der Waals surface area contributed by atoms with Crippen LogP contribution in [0.1, 0.15) is 40.6 Å². The predicted octanol–water partition coefficient (Wildman–Crippen LogP) is 9.59. The van der Waals surface area contributed by atoms with E-state index in [1.807, 2.05) is 84.9 Å². The van der Waals surface area contributed by atoms with Crippen molar-refractivity contribution < 1.29 is 19.0 Å². The minimum atomic E-state index is -0.0416. The number of fused-ring (bicyclic) bond motifs is 3. The van der Waals surface area contributed by atoms with E-state index in [2.05, 4.69) is 110 Å². The summed E-state index contributed by atoms with van der Waals surface area (Å²) in [7, 11) is 0. The molecule has 3 aliphatic rings. The molecule has 0 saturated carbocycles. The van der Waals surface area contributed by atoms with Gasteiger partial charge in [0.2, 0.25) is 5.91 Å². The van der Waals surface area contributed by atoms with Crippen molar-refractivity contribution in [2.75, 3.05) is 38.4 Å². The van der Waals surface area contributed by atoms with Crippen LogP contribution >= 0.6 is 47.8 Å². The van der Waals surface area contributed by atoms with E-state index in [0.29, 0.717) is 33.0 Å². The van der Waals surface area contributed by atoms with Gasteiger partial charge >= 0.3 is 0 Å². The van der Waals surface area contributed by atoms with Gasteiger partial charge in [-0.2, -0.15) is 0 Å². The number of amides is 1. The fourth-order valence-corrected chi connectivity index (χ4v) is 7.92. The summed E-state index contributed by atoms with van der Waals surface area (Å²) in [4.78, 5) is 20.5. The molecule has 1 unspecified atom stereocenters. The summed E-state index contributed by atoms with van der Waals surface area (Å²) in [5.74, 6) is 1.80. The summed E-state index contributed by atoms with van der Waals surface area (Å²) in [6, 6.07) is 43.0. The number of morpholine rings is 1. The predicted molar refractivity (Wildman–Crippen MR) is 223 cm³/mol. The number of amidine groups is 1. The van der Waals surface area contributed by atoms with Crippen molar-refractivity contribution in [1.29, 1.82) is 0 Å². The number of carbonyl (C=O) groups excluding carboxylic acids is 1. The number of ether oxygens (including phenoxy) is 3. The molecule has 0 bridgehead atoms. The first kappa shape index (κ1) is 38.1. The van der Waals surface area contributed by atoms with Gasteiger partial charge in [0.05, 0.1) is 48.6 Å². The quantitative estimate of drug-likeness (QED) is 0.183. The number of imidazole rings is 1. The third-order valence-electron chi connectivity index (χ3n) is 9.00. The van der Waals surface area contributed by atoms with E-state index in [1.165, 1.54) is 11.1 Å². The summed E-state index contributed by atoms with van der Waals surface area (Å²) in [6.45, 7) is 3.15. The molecule has 9 nitrogen and oxygen atoms in total. The van der Waals surface area contributed by atoms with Gasteiger partial charge in [0.1, 0.15) is 37.5 Å². The van der Waals surface area contributed by atoms with Gasteiger partial charge in [0, 0.05) is 13.4 Å². The Kier molecular flexibility index (Phi) is 13.0. The minimum absolute atomic E-state index is 0.0162. The van der Waals surface area contributed by atoms with Crippen molar-refractivity contribution in [3.05, 3.63) is 163 Å². The molecular weight excluding hydrogens is 878 g/mol. The second-order valence-corrected chi connectivity index (χ2v) is 15.5. The van der Waals surface area contributed by atoms with Gasteiger partial charge < -0.3 is 29.4 Å². The first-order valence-corrected chi connectivity index (χ1v) is 19.9. The lowest BCUT2D eigenvalue weighted by molar-refractivity contribution is -0.131. The maximum absolute atomic E-state index is 11.0. The Bertz CT molecular complexity index is 2200. The Labute approximate surface area is 339 Å². The van der Waals surface area contributed by atoms with Gasteiger partial charge in [0.25, 0.3) is 0 Å². The van der Waals surface area contributed by atoms with E-state index in [1.54, 1.807) is 0 Å². The third kappa shape index (κ3) is 9.73. The second-order valence-electron chi connectivity index (χ2n) is 12.8. The Morgan fingerprint density at radius 2 is 1.30 bits per heavy atom. The Morgan fingerprint density at radius 3 is 2.00 bits per heavy atom. The molecule has 3 aliphatic heterocycles. The molecule has 1 fully saturated rings. The van der Waals surface area contributed by atoms with Crippen LogP contribution in [0.25, 0.3) is 11.0 Å². The number of nitrogens with one attached hydrogen (secondary N) is 2. The largest absolute Gasteiger partial charge is 0.371 e. The molecule has 12 heteroatoms. The molecular formula is C42H38Br3N5O4. The number of halogens is 3. The summed E-state index contributed by atoms with van der Waals surface area (Å²) in [5, 5.41) is 6.20. The molecule has 0 radical (unpaired) electrons. The van der Waals surface area contributed by atoms with Gasteiger partial charge in [-0.25, -0.2) is 4.98 Å². The first-order chi connectivity index (χ1) is 26.4. The number of hydrogen-bond acceptors (Lipinski definition) is 7. The molecule has 2 N–H and O–H groups in total. The highest BCUT2D eigenvalue weighted by Crippen LogP contribution is 2.32. The van der Waals surface area contributed by atoms with E-state index < -0.39 is 0 Å². The molecule has 0 spiro atoms. The minimum Gasteiger partial charge on any atom is -0.371 e. The zero-order valence-electron chi connectivity index (χ0n) is 29.2. The number of aromatic nitrogens is 2. The molecule has 1 saturated heterocycles. The topological polar surface area (TPSA) is 99.0 Å². The molecule has 9 rings (SSSR count). The Balaban J connectivity index is 0.000000129. The van der Waals surface area contributed by atoms with E-state index >= 15 is 0 Å². The number of benzene rings is 5. The van der Waals surface area contributed by atoms with Crippen LogP contribution in [0.5, 0.6) is 0 Å². The van der Waals surface area contributed by atoms with Crippen molar-refractivity contribution >= 4 is 76.3 Å². The monoisotopic (exact) mass is 913 g/mol. The van der Waals surface area contributed by atoms with Crippen LogP contribution in [0.15, 0.2) is 146 Å². The number of hydrogen-bond donors (Lipinski definition) is 2. The van der Waals surface area contributed by atoms with Gasteiger partial charge in [-0.3, -0.25) is 9.79 Å². The van der Waals surface area contributed by atoms with Crippen LogP contribution in [0.2, 0.25) is 0 Å². The number of aliphatic imine (C=N–C) groups is 1. The zero-order chi connectivity index (χ0) is 37.3. The molecule has 5 aromatic carbocycles. The molecule has 0 aliphatic carbocycles. The number of anilines is 1. The average molecular weight is 917 g/mol. The maximum atomic E-state index is 11.0. The highest BCUT2D eigenvalue weighted by molar-refractivity contribution is 9.11. The van der Waals surface area contributed by atoms with Crippen LogP contribution in [0, 0.1) is 0 Å². The van der Waals surface area contributed by atoms with Crippen molar-refractivity contribution in [2.24, 2.45) is 4.99 Å². The van der Waals surface area contributed by atoms with E-state index in [-0.39, 0.29) is 30.6 Å². The van der Waals surface area contributed by atoms with E-state index in [9.17, 15) is 4.79 Å². The first-order valence-electron chi connectivity index (χ1n) is 17.5. The second kappa shape index (κ2) is 18.4. The van der Waals surface area contributed by atoms with Gasteiger partial charge in [-0.05, 0) is 69.0 Å². The van der Waals surface area contributed by atoms with Gasteiger partial charge in [0.15, 0.2) is 0 Å². The van der Waals surface area contributed by atoms with Gasteiger partial charge in [-0.1, -0.05) is 123 Å². The molecule has 276 valence electrons. The molecule has 6 aromatic rings. The smallest absolute Gasteiger partial charge is 0.246 e. The summed E-state index contributed by atoms with van der Waals surface area (Å²) in [6.07, 6.45) is 0. The van der Waals surface area contributed by atoms with Crippen LogP contribution in [0.4, 0.5) is 5.69 Å². The van der Waals surface area contributed by atoms with Crippen LogP contribution in [-0.2, 0) is 25.6 Å². The van der Waals surface area contributed by atoms with Crippen molar-refractivity contribution in [1.82, 2.24) is 14.9 Å². The molecule has 4 heterocycles. The summed E-state index contributed by atoms with van der Waals surface area (Å²) >= 11 is 10.5. The lowest BCUT2D eigenvalue weighted by Gasteiger charge is -2.26. The molecule has 1 aromatic heterocycles. The van der Waals surface area contributed by atoms with Crippen molar-refractivity contribution in [3.8, 4) is 0 Å². The molecule has 54 heavy (non-hydrogen) atoms. The maximum Gasteiger partial charge on any atom is 0.246 e. The van der Waals surface area contributed by atoms with E-state index in [0.717, 1.165) is 47.4 Å². The molecule has 3 atom stereocenters. The lowest BCUT2D eigenvalue weighted by Crippen LogP contribution is -2.39. The third-order valence-corrected chi connectivity index (χ3v) is 10.6. The fraction of sp³-hybridized carbons (Fsp3) is 0.214. The number of carbonyl (C=O) groups is 1.